The minimum Gasteiger partial charge on any atom is -0.497 e. The molecule has 19 heteroatoms. The van der Waals surface area contributed by atoms with Gasteiger partial charge in [0, 0.05) is 16.7 Å². The van der Waals surface area contributed by atoms with Crippen LogP contribution in [0.3, 0.4) is 0 Å². The average Bonchev–Trinajstić information content (AvgIpc) is 3.23. The van der Waals surface area contributed by atoms with E-state index >= 15 is 17.6 Å². The minimum atomic E-state index is -6.01. The van der Waals surface area contributed by atoms with Crippen LogP contribution in [0.25, 0.3) is 0 Å². The van der Waals surface area contributed by atoms with Crippen LogP contribution in [0.4, 0.5) is 61.5 Å². The van der Waals surface area contributed by atoms with Gasteiger partial charge in [-0.05, 0) is 90.8 Å². The lowest BCUT2D eigenvalue weighted by molar-refractivity contribution is -0.288. The summed E-state index contributed by atoms with van der Waals surface area (Å²) in [5.41, 5.74) is -12.5. The summed E-state index contributed by atoms with van der Waals surface area (Å²) in [6, 6.07) is 12.4. The number of hydrogen-bond acceptors (Lipinski definition) is 5. The molecule has 0 radical (unpaired) electrons. The molecule has 5 nitrogen and oxygen atoms in total. The van der Waals surface area contributed by atoms with Gasteiger partial charge in [0.25, 0.3) is 0 Å². The second-order valence-corrected chi connectivity index (χ2v) is 13.1. The normalized spacial score (nSPS) is 12.0. The zero-order valence-electron chi connectivity index (χ0n) is 31.1. The molecule has 62 heavy (non-hydrogen) atoms. The van der Waals surface area contributed by atoms with Crippen molar-refractivity contribution < 1.29 is 85.3 Å². The highest BCUT2D eigenvalue weighted by atomic mass is 19.4. The third-order valence-corrected chi connectivity index (χ3v) is 9.51. The number of carbonyl (C=O) groups excluding carboxylic acids is 2. The second-order valence-electron chi connectivity index (χ2n) is 13.1. The van der Waals surface area contributed by atoms with Crippen molar-refractivity contribution >= 4 is 11.6 Å². The van der Waals surface area contributed by atoms with Gasteiger partial charge in [-0.2, -0.15) is 35.1 Å². The number of ketones is 2. The largest absolute Gasteiger partial charge is 0.497 e. The van der Waals surface area contributed by atoms with Crippen LogP contribution in [0.15, 0.2) is 97.1 Å². The lowest BCUT2D eigenvalue weighted by Crippen LogP contribution is -2.54. The van der Waals surface area contributed by atoms with Crippen molar-refractivity contribution in [2.24, 2.45) is 0 Å². The first-order chi connectivity index (χ1) is 29.0. The van der Waals surface area contributed by atoms with Crippen molar-refractivity contribution in [3.8, 4) is 28.7 Å². The van der Waals surface area contributed by atoms with Gasteiger partial charge in [0.2, 0.25) is 22.8 Å². The number of ether oxygens (including phenoxy) is 3. The molecule has 0 aliphatic rings. The van der Waals surface area contributed by atoms with Crippen LogP contribution in [-0.4, -0.2) is 31.0 Å². The molecular formula is C43H22F14O5. The van der Waals surface area contributed by atoms with Crippen molar-refractivity contribution in [1.82, 2.24) is 0 Å². The molecule has 0 N–H and O–H groups in total. The van der Waals surface area contributed by atoms with Crippen molar-refractivity contribution in [2.45, 2.75) is 24.7 Å². The van der Waals surface area contributed by atoms with Crippen LogP contribution in [0.2, 0.25) is 0 Å². The summed E-state index contributed by atoms with van der Waals surface area (Å²) in [5, 5.41) is 0. The summed E-state index contributed by atoms with van der Waals surface area (Å²) >= 11 is 0. The van der Waals surface area contributed by atoms with E-state index in [4.69, 9.17) is 14.2 Å². The van der Waals surface area contributed by atoms with E-state index in [2.05, 4.69) is 0 Å². The van der Waals surface area contributed by atoms with Crippen LogP contribution < -0.4 is 14.2 Å². The van der Waals surface area contributed by atoms with E-state index in [9.17, 15) is 53.5 Å². The molecule has 6 aromatic carbocycles. The summed E-state index contributed by atoms with van der Waals surface area (Å²) in [4.78, 5) is 25.8. The fourth-order valence-corrected chi connectivity index (χ4v) is 6.33. The molecule has 322 valence electrons. The third kappa shape index (κ3) is 7.66. The van der Waals surface area contributed by atoms with Crippen molar-refractivity contribution in [3.63, 3.8) is 0 Å². The van der Waals surface area contributed by atoms with E-state index in [0.717, 1.165) is 74.7 Å². The van der Waals surface area contributed by atoms with Crippen LogP contribution in [0.1, 0.15) is 48.5 Å². The molecule has 0 spiro atoms. The van der Waals surface area contributed by atoms with Gasteiger partial charge in [-0.25, -0.2) is 26.3 Å². The minimum absolute atomic E-state index is 0.0495. The number of benzene rings is 6. The standard InChI is InChI=1S/C43H22F14O5/c1-19-30(44)32(46)28(33(47)31(19)45)38(58)20-3-11-25(12-4-20)61-26-13-5-21(6-14-26)39(59)29-34(48)36(50)40(37(51)35(29)49)62-27-17-9-23(10-18-27)41(42(52,53)54,43(55,56)57)22-7-15-24(60-2)16-8-22/h3-18H,1-2H3. The van der Waals surface area contributed by atoms with Gasteiger partial charge in [0.1, 0.15) is 34.1 Å². The van der Waals surface area contributed by atoms with Gasteiger partial charge in [-0.1, -0.05) is 24.3 Å². The van der Waals surface area contributed by atoms with Crippen LogP contribution in [-0.2, 0) is 5.41 Å². The Morgan fingerprint density at radius 2 is 0.726 bits per heavy atom. The number of alkyl halides is 6. The van der Waals surface area contributed by atoms with Gasteiger partial charge in [0.05, 0.1) is 7.11 Å². The highest BCUT2D eigenvalue weighted by molar-refractivity contribution is 6.10. The maximum atomic E-state index is 15.3. The van der Waals surface area contributed by atoms with E-state index in [1.807, 2.05) is 0 Å². The average molecular weight is 885 g/mol. The van der Waals surface area contributed by atoms with Gasteiger partial charge >= 0.3 is 12.4 Å². The fourth-order valence-electron chi connectivity index (χ4n) is 6.33. The summed E-state index contributed by atoms with van der Waals surface area (Å²) in [6.45, 7) is 0.772. The number of hydrogen-bond donors (Lipinski definition) is 0. The Kier molecular flexibility index (Phi) is 11.9. The Balaban J connectivity index is 1.21. The molecule has 0 amide bonds. The van der Waals surface area contributed by atoms with E-state index < -0.39 is 126 Å². The lowest BCUT2D eigenvalue weighted by Gasteiger charge is -2.38. The smallest absolute Gasteiger partial charge is 0.411 e. The molecule has 0 aliphatic heterocycles. The summed E-state index contributed by atoms with van der Waals surface area (Å²) in [5.74, 6) is -22.4. The fraction of sp³-hybridized carbons (Fsp3) is 0.116. The van der Waals surface area contributed by atoms with Gasteiger partial charge < -0.3 is 14.2 Å². The molecule has 6 rings (SSSR count). The maximum absolute atomic E-state index is 15.3. The molecule has 0 atom stereocenters. The highest BCUT2D eigenvalue weighted by Gasteiger charge is 2.72. The number of carbonyl (C=O) groups is 2. The van der Waals surface area contributed by atoms with Crippen LogP contribution in [0.5, 0.6) is 28.7 Å². The van der Waals surface area contributed by atoms with E-state index in [1.54, 1.807) is 0 Å². The first kappa shape index (κ1) is 44.6. The molecule has 0 bridgehead atoms. The maximum Gasteiger partial charge on any atom is 0.411 e. The third-order valence-electron chi connectivity index (χ3n) is 9.51. The Morgan fingerprint density at radius 3 is 1.06 bits per heavy atom. The van der Waals surface area contributed by atoms with Crippen molar-refractivity contribution in [2.75, 3.05) is 7.11 Å². The van der Waals surface area contributed by atoms with Crippen LogP contribution in [0, 0.1) is 53.5 Å². The van der Waals surface area contributed by atoms with E-state index in [0.29, 0.717) is 24.3 Å². The summed E-state index contributed by atoms with van der Waals surface area (Å²) in [6.07, 6.45) is -12.0. The molecule has 0 saturated heterocycles. The first-order valence-corrected chi connectivity index (χ1v) is 17.3. The second kappa shape index (κ2) is 16.5. The van der Waals surface area contributed by atoms with Gasteiger partial charge in [-0.3, -0.25) is 9.59 Å². The predicted octanol–water partition coefficient (Wildman–Crippen LogP) is 12.6. The molecular weight excluding hydrogens is 862 g/mol. The van der Waals surface area contributed by atoms with E-state index in [-0.39, 0.29) is 29.4 Å². The molecule has 0 aliphatic carbocycles. The van der Waals surface area contributed by atoms with Gasteiger partial charge in [-0.15, -0.1) is 0 Å². The van der Waals surface area contributed by atoms with Gasteiger partial charge in [0.15, 0.2) is 46.5 Å². The Bertz CT molecular complexity index is 2620. The molecule has 0 saturated carbocycles. The molecule has 0 unspecified atom stereocenters. The monoisotopic (exact) mass is 884 g/mol. The topological polar surface area (TPSA) is 61.8 Å². The number of methoxy groups -OCH3 is 1. The SMILES string of the molecule is COc1ccc(C(c2ccc(Oc3c(F)c(F)c(C(=O)c4ccc(Oc5ccc(C(=O)c6c(F)c(F)c(C)c(F)c6F)cc5)cc4)c(F)c3F)cc2)(C(F)(F)F)C(F)(F)F)cc1. The zero-order valence-corrected chi connectivity index (χ0v) is 31.1. The number of rotatable bonds is 11. The molecule has 0 aromatic heterocycles. The Labute approximate surface area is 339 Å². The van der Waals surface area contributed by atoms with Crippen molar-refractivity contribution in [1.29, 1.82) is 0 Å². The zero-order chi connectivity index (χ0) is 45.6. The first-order valence-electron chi connectivity index (χ1n) is 17.3. The Morgan fingerprint density at radius 1 is 0.419 bits per heavy atom. The van der Waals surface area contributed by atoms with Crippen molar-refractivity contribution in [3.05, 3.63) is 183 Å². The molecule has 6 aromatic rings. The van der Waals surface area contributed by atoms with Crippen LogP contribution >= 0.6 is 0 Å². The lowest BCUT2D eigenvalue weighted by atomic mass is 9.73. The highest BCUT2D eigenvalue weighted by Crippen LogP contribution is 2.56. The predicted molar refractivity (Wildman–Crippen MR) is 190 cm³/mol. The van der Waals surface area contributed by atoms with E-state index in [1.165, 1.54) is 0 Å². The summed E-state index contributed by atoms with van der Waals surface area (Å²) in [7, 11) is 1.13. The molecule has 0 heterocycles. The Hall–Kier alpha value is -6.92. The number of halogens is 14. The summed E-state index contributed by atoms with van der Waals surface area (Å²) < 4.78 is 220. The molecule has 0 fully saturated rings. The quantitative estimate of drug-likeness (QED) is 0.0737.